The summed E-state index contributed by atoms with van der Waals surface area (Å²) in [7, 11) is 0. The molecule has 0 aliphatic rings. The summed E-state index contributed by atoms with van der Waals surface area (Å²) in [4.78, 5) is 13.4. The summed E-state index contributed by atoms with van der Waals surface area (Å²) in [6, 6.07) is 7.08. The molecule has 2 aromatic heterocycles. The Labute approximate surface area is 148 Å². The van der Waals surface area contributed by atoms with Gasteiger partial charge in [-0.25, -0.2) is 0 Å². The van der Waals surface area contributed by atoms with Gasteiger partial charge in [-0.2, -0.15) is 13.1 Å². The van der Waals surface area contributed by atoms with Gasteiger partial charge in [0.1, 0.15) is 18.1 Å². The van der Waals surface area contributed by atoms with Crippen LogP contribution in [0.2, 0.25) is 0 Å². The Bertz CT molecular complexity index is 853. The molecule has 0 saturated heterocycles. The fraction of sp³-hybridized carbons (Fsp3) is 0.250. The fourth-order valence-electron chi connectivity index (χ4n) is 2.11. The molecule has 0 spiro atoms. The predicted octanol–water partition coefficient (Wildman–Crippen LogP) is 3.75. The number of anilines is 1. The first kappa shape index (κ1) is 16.5. The van der Waals surface area contributed by atoms with E-state index < -0.39 is 0 Å². The van der Waals surface area contributed by atoms with E-state index in [9.17, 15) is 4.79 Å². The van der Waals surface area contributed by atoms with E-state index in [2.05, 4.69) is 18.4 Å². The SMILES string of the molecule is Cc1nsnc1COc1cccc(C(=O)Nc2c(C)nsc2C)c1. The quantitative estimate of drug-likeness (QED) is 0.750. The van der Waals surface area contributed by atoms with Crippen molar-refractivity contribution in [2.24, 2.45) is 0 Å². The third kappa shape index (κ3) is 3.60. The van der Waals surface area contributed by atoms with Crippen molar-refractivity contribution in [1.82, 2.24) is 13.1 Å². The zero-order valence-corrected chi connectivity index (χ0v) is 15.1. The van der Waals surface area contributed by atoms with Crippen LogP contribution in [0.25, 0.3) is 0 Å². The molecule has 1 N–H and O–H groups in total. The Morgan fingerprint density at radius 1 is 1.17 bits per heavy atom. The largest absolute Gasteiger partial charge is 0.487 e. The van der Waals surface area contributed by atoms with Gasteiger partial charge < -0.3 is 10.1 Å². The molecule has 2 heterocycles. The zero-order valence-electron chi connectivity index (χ0n) is 13.5. The third-order valence-electron chi connectivity index (χ3n) is 3.49. The molecular formula is C16H16N4O2S2. The van der Waals surface area contributed by atoms with E-state index in [1.165, 1.54) is 23.3 Å². The first-order valence-corrected chi connectivity index (χ1v) is 8.80. The highest BCUT2D eigenvalue weighted by atomic mass is 32.1. The van der Waals surface area contributed by atoms with Crippen molar-refractivity contribution in [3.63, 3.8) is 0 Å². The van der Waals surface area contributed by atoms with E-state index in [1.54, 1.807) is 18.2 Å². The van der Waals surface area contributed by atoms with Crippen LogP contribution in [-0.4, -0.2) is 19.0 Å². The van der Waals surface area contributed by atoms with Crippen LogP contribution < -0.4 is 10.1 Å². The van der Waals surface area contributed by atoms with Crippen LogP contribution in [0, 0.1) is 20.8 Å². The molecule has 0 bridgehead atoms. The zero-order chi connectivity index (χ0) is 17.1. The van der Waals surface area contributed by atoms with Crippen LogP contribution in [0.5, 0.6) is 5.75 Å². The Morgan fingerprint density at radius 3 is 2.67 bits per heavy atom. The lowest BCUT2D eigenvalue weighted by Gasteiger charge is -2.08. The molecule has 0 aliphatic carbocycles. The smallest absolute Gasteiger partial charge is 0.255 e. The van der Waals surface area contributed by atoms with Gasteiger partial charge in [0.15, 0.2) is 0 Å². The van der Waals surface area contributed by atoms with Crippen molar-refractivity contribution in [1.29, 1.82) is 0 Å². The molecule has 0 fully saturated rings. The molecule has 124 valence electrons. The van der Waals surface area contributed by atoms with Crippen molar-refractivity contribution in [3.8, 4) is 5.75 Å². The standard InChI is InChI=1S/C16H16N4O2S2/c1-9-14(20-24-19-9)8-22-13-6-4-5-12(7-13)16(21)17-15-10(2)18-23-11(15)3/h4-7H,8H2,1-3H3,(H,17,21). The molecule has 0 radical (unpaired) electrons. The molecule has 0 atom stereocenters. The predicted molar refractivity (Wildman–Crippen MR) is 95.0 cm³/mol. The number of hydrogen-bond acceptors (Lipinski definition) is 7. The molecule has 0 aliphatic heterocycles. The number of rotatable bonds is 5. The Hall–Kier alpha value is -2.32. The monoisotopic (exact) mass is 360 g/mol. The Balaban J connectivity index is 1.70. The summed E-state index contributed by atoms with van der Waals surface area (Å²) < 4.78 is 18.2. The van der Waals surface area contributed by atoms with Gasteiger partial charge in [0, 0.05) is 10.4 Å². The summed E-state index contributed by atoms with van der Waals surface area (Å²) in [6.45, 7) is 6.04. The molecular weight excluding hydrogens is 344 g/mol. The Morgan fingerprint density at radius 2 is 2.00 bits per heavy atom. The number of aromatic nitrogens is 3. The number of benzene rings is 1. The summed E-state index contributed by atoms with van der Waals surface area (Å²) in [6.07, 6.45) is 0. The number of amides is 1. The summed E-state index contributed by atoms with van der Waals surface area (Å²) in [5, 5.41) is 2.91. The van der Waals surface area contributed by atoms with E-state index in [-0.39, 0.29) is 5.91 Å². The van der Waals surface area contributed by atoms with Gasteiger partial charge in [-0.1, -0.05) is 6.07 Å². The van der Waals surface area contributed by atoms with E-state index in [4.69, 9.17) is 4.74 Å². The van der Waals surface area contributed by atoms with Crippen LogP contribution in [-0.2, 0) is 6.61 Å². The molecule has 3 aromatic rings. The molecule has 24 heavy (non-hydrogen) atoms. The maximum Gasteiger partial charge on any atom is 0.255 e. The van der Waals surface area contributed by atoms with E-state index in [1.807, 2.05) is 26.8 Å². The number of ether oxygens (including phenoxy) is 1. The first-order valence-electron chi connectivity index (χ1n) is 7.29. The van der Waals surface area contributed by atoms with Gasteiger partial charge in [-0.05, 0) is 50.5 Å². The second-order valence-corrected chi connectivity index (χ2v) is 6.77. The molecule has 1 aromatic carbocycles. The van der Waals surface area contributed by atoms with Crippen LogP contribution in [0.15, 0.2) is 24.3 Å². The topological polar surface area (TPSA) is 77.0 Å². The lowest BCUT2D eigenvalue weighted by molar-refractivity contribution is 0.102. The third-order valence-corrected chi connectivity index (χ3v) is 4.99. The highest BCUT2D eigenvalue weighted by molar-refractivity contribution is 7.06. The van der Waals surface area contributed by atoms with E-state index in [0.717, 1.165) is 27.6 Å². The van der Waals surface area contributed by atoms with Crippen molar-refractivity contribution in [2.75, 3.05) is 5.32 Å². The van der Waals surface area contributed by atoms with Crippen molar-refractivity contribution < 1.29 is 9.53 Å². The van der Waals surface area contributed by atoms with E-state index >= 15 is 0 Å². The highest BCUT2D eigenvalue weighted by Crippen LogP contribution is 2.24. The molecule has 8 heteroatoms. The lowest BCUT2D eigenvalue weighted by Crippen LogP contribution is -2.13. The number of nitrogens with zero attached hydrogens (tertiary/aromatic N) is 3. The number of hydrogen-bond donors (Lipinski definition) is 1. The number of nitrogens with one attached hydrogen (secondary N) is 1. The minimum atomic E-state index is -0.182. The van der Waals surface area contributed by atoms with Crippen LogP contribution in [0.1, 0.15) is 32.3 Å². The van der Waals surface area contributed by atoms with Gasteiger partial charge >= 0.3 is 0 Å². The molecule has 1 amide bonds. The summed E-state index contributed by atoms with van der Waals surface area (Å²) >= 11 is 2.54. The second kappa shape index (κ2) is 7.06. The van der Waals surface area contributed by atoms with Crippen LogP contribution >= 0.6 is 23.3 Å². The second-order valence-electron chi connectivity index (χ2n) is 5.27. The average molecular weight is 360 g/mol. The molecule has 0 unspecified atom stereocenters. The highest BCUT2D eigenvalue weighted by Gasteiger charge is 2.13. The van der Waals surface area contributed by atoms with Gasteiger partial charge in [0.2, 0.25) is 0 Å². The van der Waals surface area contributed by atoms with Gasteiger partial charge in [-0.15, -0.1) is 0 Å². The minimum Gasteiger partial charge on any atom is -0.487 e. The fourth-order valence-corrected chi connectivity index (χ4v) is 3.31. The van der Waals surface area contributed by atoms with E-state index in [0.29, 0.717) is 17.9 Å². The van der Waals surface area contributed by atoms with Crippen molar-refractivity contribution in [2.45, 2.75) is 27.4 Å². The van der Waals surface area contributed by atoms with Crippen LogP contribution in [0.3, 0.4) is 0 Å². The van der Waals surface area contributed by atoms with Gasteiger partial charge in [-0.3, -0.25) is 4.79 Å². The summed E-state index contributed by atoms with van der Waals surface area (Å²) in [5.41, 5.74) is 3.81. The summed E-state index contributed by atoms with van der Waals surface area (Å²) in [5.74, 6) is 0.435. The van der Waals surface area contributed by atoms with Crippen molar-refractivity contribution in [3.05, 3.63) is 51.8 Å². The molecule has 3 rings (SSSR count). The maximum atomic E-state index is 12.4. The minimum absolute atomic E-state index is 0.182. The molecule has 6 nitrogen and oxygen atoms in total. The van der Waals surface area contributed by atoms with Gasteiger partial charge in [0.05, 0.1) is 28.8 Å². The molecule has 0 saturated carbocycles. The number of aryl methyl sites for hydroxylation is 3. The maximum absolute atomic E-state index is 12.4. The van der Waals surface area contributed by atoms with Crippen LogP contribution in [0.4, 0.5) is 5.69 Å². The Kier molecular flexibility index (Phi) is 4.86. The normalized spacial score (nSPS) is 10.6. The lowest BCUT2D eigenvalue weighted by atomic mass is 10.2. The number of carbonyl (C=O) groups excluding carboxylic acids is 1. The average Bonchev–Trinajstić information content (AvgIpc) is 3.13. The first-order chi connectivity index (χ1) is 11.5. The van der Waals surface area contributed by atoms with Crippen molar-refractivity contribution >= 4 is 34.9 Å². The number of carbonyl (C=O) groups is 1. The van der Waals surface area contributed by atoms with Gasteiger partial charge in [0.25, 0.3) is 5.91 Å².